The molecule has 0 atom stereocenters. The maximum absolute atomic E-state index is 12.2. The zero-order valence-electron chi connectivity index (χ0n) is 11.7. The molecular formula is C15H16N4O2. The molecule has 2 aromatic rings. The summed E-state index contributed by atoms with van der Waals surface area (Å²) in [6.45, 7) is 1.98. The monoisotopic (exact) mass is 284 g/mol. The first-order chi connectivity index (χ1) is 10.2. The van der Waals surface area contributed by atoms with Crippen molar-refractivity contribution < 1.29 is 9.90 Å². The van der Waals surface area contributed by atoms with Gasteiger partial charge in [0.1, 0.15) is 11.4 Å². The third-order valence-corrected chi connectivity index (χ3v) is 3.57. The SMILES string of the molecule is CN1CCN=C1CNC(=O)c1ccc2cccnc2c1O. The van der Waals surface area contributed by atoms with E-state index >= 15 is 0 Å². The van der Waals surface area contributed by atoms with Crippen LogP contribution in [0.1, 0.15) is 10.4 Å². The topological polar surface area (TPSA) is 77.8 Å². The molecule has 0 spiro atoms. The number of pyridine rings is 1. The van der Waals surface area contributed by atoms with Gasteiger partial charge in [-0.15, -0.1) is 0 Å². The standard InChI is InChI=1S/C15H16N4O2/c1-19-8-7-16-12(19)9-18-15(21)11-5-4-10-3-2-6-17-13(10)14(11)20/h2-6,20H,7-9H2,1H3,(H,18,21). The Morgan fingerprint density at radius 3 is 3.05 bits per heavy atom. The maximum Gasteiger partial charge on any atom is 0.255 e. The minimum atomic E-state index is -0.331. The molecule has 21 heavy (non-hydrogen) atoms. The highest BCUT2D eigenvalue weighted by Crippen LogP contribution is 2.26. The number of rotatable bonds is 3. The summed E-state index contributed by atoms with van der Waals surface area (Å²) in [5.74, 6) is 0.428. The molecule has 3 rings (SSSR count). The molecule has 0 fully saturated rings. The second-order valence-corrected chi connectivity index (χ2v) is 4.94. The van der Waals surface area contributed by atoms with Crippen molar-refractivity contribution in [2.75, 3.05) is 26.7 Å². The lowest BCUT2D eigenvalue weighted by molar-refractivity contribution is 0.0956. The predicted octanol–water partition coefficient (Wildman–Crippen LogP) is 1.01. The van der Waals surface area contributed by atoms with Crippen molar-refractivity contribution in [1.82, 2.24) is 15.2 Å². The third-order valence-electron chi connectivity index (χ3n) is 3.57. The van der Waals surface area contributed by atoms with E-state index in [4.69, 9.17) is 0 Å². The molecule has 1 amide bonds. The molecular weight excluding hydrogens is 268 g/mol. The Bertz CT molecular complexity index is 727. The van der Waals surface area contributed by atoms with E-state index in [-0.39, 0.29) is 17.2 Å². The largest absolute Gasteiger partial charge is 0.505 e. The third kappa shape index (κ3) is 2.52. The van der Waals surface area contributed by atoms with Crippen LogP contribution >= 0.6 is 0 Å². The van der Waals surface area contributed by atoms with E-state index in [1.807, 2.05) is 18.0 Å². The summed E-state index contributed by atoms with van der Waals surface area (Å²) >= 11 is 0. The molecule has 2 N–H and O–H groups in total. The van der Waals surface area contributed by atoms with Gasteiger partial charge in [-0.3, -0.25) is 14.8 Å². The lowest BCUT2D eigenvalue weighted by atomic mass is 10.1. The van der Waals surface area contributed by atoms with Crippen LogP contribution < -0.4 is 5.32 Å². The summed E-state index contributed by atoms with van der Waals surface area (Å²) in [7, 11) is 1.94. The highest BCUT2D eigenvalue weighted by molar-refractivity contribution is 6.03. The Balaban J connectivity index is 1.80. The van der Waals surface area contributed by atoms with Gasteiger partial charge in [-0.05, 0) is 12.1 Å². The van der Waals surface area contributed by atoms with Crippen LogP contribution in [0.15, 0.2) is 35.5 Å². The van der Waals surface area contributed by atoms with E-state index in [9.17, 15) is 9.90 Å². The van der Waals surface area contributed by atoms with E-state index in [0.29, 0.717) is 12.1 Å². The van der Waals surface area contributed by atoms with Crippen molar-refractivity contribution in [2.24, 2.45) is 4.99 Å². The van der Waals surface area contributed by atoms with Gasteiger partial charge in [0.2, 0.25) is 0 Å². The number of phenols is 1. The zero-order valence-corrected chi connectivity index (χ0v) is 11.7. The Hall–Kier alpha value is -2.63. The number of likely N-dealkylation sites (N-methyl/N-ethyl adjacent to an activating group) is 1. The molecule has 0 radical (unpaired) electrons. The maximum atomic E-state index is 12.2. The number of phenolic OH excluding ortho intramolecular Hbond substituents is 1. The minimum absolute atomic E-state index is 0.0904. The summed E-state index contributed by atoms with van der Waals surface area (Å²) in [6.07, 6.45) is 1.59. The first-order valence-electron chi connectivity index (χ1n) is 6.76. The number of amidine groups is 1. The first kappa shape index (κ1) is 13.4. The van der Waals surface area contributed by atoms with Crippen molar-refractivity contribution in [3.63, 3.8) is 0 Å². The van der Waals surface area contributed by atoms with E-state index < -0.39 is 0 Å². The molecule has 0 saturated carbocycles. The van der Waals surface area contributed by atoms with Crippen LogP contribution in [0.25, 0.3) is 10.9 Å². The first-order valence-corrected chi connectivity index (χ1v) is 6.76. The normalized spacial score (nSPS) is 14.3. The fraction of sp³-hybridized carbons (Fsp3) is 0.267. The molecule has 0 unspecified atom stereocenters. The summed E-state index contributed by atoms with van der Waals surface area (Å²) < 4.78 is 0. The summed E-state index contributed by atoms with van der Waals surface area (Å²) in [6, 6.07) is 7.01. The van der Waals surface area contributed by atoms with E-state index in [2.05, 4.69) is 15.3 Å². The van der Waals surface area contributed by atoms with Gasteiger partial charge in [0.05, 0.1) is 18.7 Å². The van der Waals surface area contributed by atoms with Crippen LogP contribution in [-0.4, -0.2) is 53.4 Å². The van der Waals surface area contributed by atoms with Crippen LogP contribution in [0.2, 0.25) is 0 Å². The number of aliphatic imine (C=N–C) groups is 1. The summed E-state index contributed by atoms with van der Waals surface area (Å²) in [5, 5.41) is 13.8. The minimum Gasteiger partial charge on any atom is -0.505 e. The van der Waals surface area contributed by atoms with Gasteiger partial charge >= 0.3 is 0 Å². The highest BCUT2D eigenvalue weighted by atomic mass is 16.3. The van der Waals surface area contributed by atoms with E-state index in [1.54, 1.807) is 24.4 Å². The zero-order chi connectivity index (χ0) is 14.8. The number of carbonyl (C=O) groups excluding carboxylic acids is 1. The average Bonchev–Trinajstić information content (AvgIpc) is 2.91. The molecule has 0 aliphatic carbocycles. The van der Waals surface area contributed by atoms with Gasteiger partial charge < -0.3 is 15.3 Å². The molecule has 6 heteroatoms. The van der Waals surface area contributed by atoms with Gasteiger partial charge in [-0.25, -0.2) is 0 Å². The Kier molecular flexibility index (Phi) is 3.43. The molecule has 0 bridgehead atoms. The van der Waals surface area contributed by atoms with Crippen molar-refractivity contribution >= 4 is 22.6 Å². The quantitative estimate of drug-likeness (QED) is 0.882. The molecule has 2 heterocycles. The van der Waals surface area contributed by atoms with Crippen LogP contribution in [-0.2, 0) is 0 Å². The number of aromatic hydroxyl groups is 1. The van der Waals surface area contributed by atoms with Crippen molar-refractivity contribution in [2.45, 2.75) is 0 Å². The number of carbonyl (C=O) groups is 1. The van der Waals surface area contributed by atoms with Gasteiger partial charge in [0.25, 0.3) is 5.91 Å². The number of nitrogens with zero attached hydrogens (tertiary/aromatic N) is 3. The second kappa shape index (κ2) is 5.40. The van der Waals surface area contributed by atoms with Crippen LogP contribution in [0.4, 0.5) is 0 Å². The molecule has 1 aromatic carbocycles. The fourth-order valence-corrected chi connectivity index (χ4v) is 2.34. The number of fused-ring (bicyclic) bond motifs is 1. The molecule has 1 aliphatic rings. The Morgan fingerprint density at radius 1 is 1.43 bits per heavy atom. The Labute approximate surface area is 122 Å². The number of amides is 1. The number of aromatic nitrogens is 1. The van der Waals surface area contributed by atoms with Crippen LogP contribution in [0, 0.1) is 0 Å². The summed E-state index contributed by atoms with van der Waals surface area (Å²) in [4.78, 5) is 22.6. The molecule has 6 nitrogen and oxygen atoms in total. The molecule has 0 saturated heterocycles. The van der Waals surface area contributed by atoms with Gasteiger partial charge in [0, 0.05) is 25.2 Å². The van der Waals surface area contributed by atoms with E-state index in [1.165, 1.54) is 0 Å². The number of hydrogen-bond donors (Lipinski definition) is 2. The van der Waals surface area contributed by atoms with Crippen LogP contribution in [0.3, 0.4) is 0 Å². The highest BCUT2D eigenvalue weighted by Gasteiger charge is 2.17. The van der Waals surface area contributed by atoms with Crippen molar-refractivity contribution in [1.29, 1.82) is 0 Å². The average molecular weight is 284 g/mol. The predicted molar refractivity (Wildman–Crippen MR) is 80.7 cm³/mol. The van der Waals surface area contributed by atoms with Gasteiger partial charge in [-0.1, -0.05) is 12.1 Å². The summed E-state index contributed by atoms with van der Waals surface area (Å²) in [5.41, 5.74) is 0.655. The molecule has 1 aromatic heterocycles. The molecule has 108 valence electrons. The van der Waals surface area contributed by atoms with Crippen molar-refractivity contribution in [3.8, 4) is 5.75 Å². The second-order valence-electron chi connectivity index (χ2n) is 4.94. The lowest BCUT2D eigenvalue weighted by Crippen LogP contribution is -2.36. The van der Waals surface area contributed by atoms with Gasteiger partial charge in [-0.2, -0.15) is 0 Å². The lowest BCUT2D eigenvalue weighted by Gasteiger charge is -2.14. The smallest absolute Gasteiger partial charge is 0.255 e. The molecule has 1 aliphatic heterocycles. The fourth-order valence-electron chi connectivity index (χ4n) is 2.34. The Morgan fingerprint density at radius 2 is 2.29 bits per heavy atom. The number of benzene rings is 1. The van der Waals surface area contributed by atoms with Crippen molar-refractivity contribution in [3.05, 3.63) is 36.0 Å². The van der Waals surface area contributed by atoms with Crippen LogP contribution in [0.5, 0.6) is 5.75 Å². The van der Waals surface area contributed by atoms with E-state index in [0.717, 1.165) is 24.3 Å². The van der Waals surface area contributed by atoms with Gasteiger partial charge in [0.15, 0.2) is 5.75 Å². The number of nitrogens with one attached hydrogen (secondary N) is 1. The number of hydrogen-bond acceptors (Lipinski definition) is 5.